The minimum atomic E-state index is -4.42. The summed E-state index contributed by atoms with van der Waals surface area (Å²) in [6.07, 6.45) is -1.52. The Morgan fingerprint density at radius 1 is 1.11 bits per heavy atom. The molecule has 0 N–H and O–H groups in total. The molecule has 4 heterocycles. The zero-order valence-electron chi connectivity index (χ0n) is 20.4. The van der Waals surface area contributed by atoms with Crippen LogP contribution in [0.4, 0.5) is 13.2 Å². The van der Waals surface area contributed by atoms with Gasteiger partial charge in [0.25, 0.3) is 0 Å². The van der Waals surface area contributed by atoms with Crippen LogP contribution in [0.25, 0.3) is 0 Å². The second kappa shape index (κ2) is 8.08. The Labute approximate surface area is 203 Å². The molecule has 4 aliphatic heterocycles. The average Bonchev–Trinajstić information content (AvgIpc) is 3.33. The third kappa shape index (κ3) is 3.68. The first-order valence-electron chi connectivity index (χ1n) is 12.8. The third-order valence-electron chi connectivity index (χ3n) is 9.31. The van der Waals surface area contributed by atoms with Crippen molar-refractivity contribution in [1.82, 2.24) is 9.80 Å². The molecule has 5 aliphatic rings. The van der Waals surface area contributed by atoms with Crippen LogP contribution >= 0.6 is 0 Å². The first-order chi connectivity index (χ1) is 16.6. The highest BCUT2D eigenvalue weighted by atomic mass is 19.4. The van der Waals surface area contributed by atoms with Crippen LogP contribution in [0, 0.1) is 23.2 Å². The Hall–Kier alpha value is -1.84. The van der Waals surface area contributed by atoms with Crippen molar-refractivity contribution in [1.29, 1.82) is 0 Å². The zero-order valence-corrected chi connectivity index (χ0v) is 20.4. The summed E-state index contributed by atoms with van der Waals surface area (Å²) in [5.41, 5.74) is -0.799. The number of hydrogen-bond donors (Lipinski definition) is 0. The van der Waals surface area contributed by atoms with Gasteiger partial charge in [0.2, 0.25) is 5.91 Å². The molecular weight excluding hydrogens is 461 g/mol. The molecule has 2 unspecified atom stereocenters. The quantitative estimate of drug-likeness (QED) is 0.601. The van der Waals surface area contributed by atoms with E-state index in [1.54, 1.807) is 4.90 Å². The molecule has 9 heteroatoms. The average molecular weight is 495 g/mol. The number of rotatable bonds is 2. The Morgan fingerprint density at radius 3 is 2.57 bits per heavy atom. The Morgan fingerprint density at radius 2 is 1.89 bits per heavy atom. The lowest BCUT2D eigenvalue weighted by molar-refractivity contribution is -0.398. The number of benzene rings is 1. The van der Waals surface area contributed by atoms with E-state index >= 15 is 0 Å². The molecule has 1 aliphatic carbocycles. The van der Waals surface area contributed by atoms with Crippen LogP contribution in [0.15, 0.2) is 18.2 Å². The maximum absolute atomic E-state index is 13.7. The summed E-state index contributed by atoms with van der Waals surface area (Å²) in [6.45, 7) is 8.33. The molecule has 3 saturated heterocycles. The van der Waals surface area contributed by atoms with Crippen molar-refractivity contribution >= 4 is 5.91 Å². The van der Waals surface area contributed by atoms with E-state index in [-0.39, 0.29) is 30.9 Å². The Kier molecular flexibility index (Phi) is 5.44. The van der Waals surface area contributed by atoms with Crippen LogP contribution in [0.5, 0.6) is 5.75 Å². The van der Waals surface area contributed by atoms with Crippen LogP contribution in [0.3, 0.4) is 0 Å². The molecule has 6 rings (SSSR count). The molecule has 1 spiro atoms. The van der Waals surface area contributed by atoms with E-state index in [2.05, 4.69) is 18.7 Å². The summed E-state index contributed by atoms with van der Waals surface area (Å²) in [6, 6.07) is 3.90. The normalized spacial score (nSPS) is 41.5. The number of alkyl halides is 3. The predicted molar refractivity (Wildman–Crippen MR) is 120 cm³/mol. The smallest absolute Gasteiger partial charge is 0.416 e. The molecule has 192 valence electrons. The van der Waals surface area contributed by atoms with Crippen molar-refractivity contribution in [2.75, 3.05) is 13.1 Å². The number of nitrogens with zero attached hydrogens (tertiary/aromatic N) is 2. The van der Waals surface area contributed by atoms with E-state index < -0.39 is 23.4 Å². The molecule has 35 heavy (non-hydrogen) atoms. The Balaban J connectivity index is 1.16. The predicted octanol–water partition coefficient (Wildman–Crippen LogP) is 4.62. The minimum absolute atomic E-state index is 0.0244. The van der Waals surface area contributed by atoms with E-state index in [1.165, 1.54) is 6.07 Å². The number of likely N-dealkylation sites (tertiary alicyclic amines) is 1. The second-order valence-electron chi connectivity index (χ2n) is 11.2. The standard InChI is InChI=1S/C26H33F3N2O4/c1-14-12-30(9-7-20(14)23-33-16(3)34-23)19-6-8-25(11-19)15(2)22-31(24(25)32)13-17-10-18(26(27,28)29)4-5-21(17)35-22/h4-5,10,14-16,19-20,22-23H,6-9,11-13H2,1-3H3/t14-,15?,16?,19-,20+,22?,23?,25+/m1/s1. The molecule has 4 fully saturated rings. The maximum atomic E-state index is 13.7. The molecule has 0 radical (unpaired) electrons. The van der Waals surface area contributed by atoms with Crippen molar-refractivity contribution in [2.24, 2.45) is 23.2 Å². The fourth-order valence-electron chi connectivity index (χ4n) is 7.26. The molecule has 0 bridgehead atoms. The van der Waals surface area contributed by atoms with E-state index in [4.69, 9.17) is 14.2 Å². The van der Waals surface area contributed by atoms with Gasteiger partial charge in [0, 0.05) is 30.0 Å². The van der Waals surface area contributed by atoms with Gasteiger partial charge in [0.15, 0.2) is 18.8 Å². The van der Waals surface area contributed by atoms with Gasteiger partial charge in [-0.1, -0.05) is 13.8 Å². The topological polar surface area (TPSA) is 51.2 Å². The molecule has 1 aromatic carbocycles. The number of halogens is 3. The SMILES string of the molecule is CC1OC([C@H]2CCN([C@@H]3CC[C@@]4(C3)C(=O)N3Cc5cc(C(F)(F)F)ccc5OC3C4C)C[C@H]2C)O1. The summed E-state index contributed by atoms with van der Waals surface area (Å²) in [5, 5.41) is 0. The van der Waals surface area contributed by atoms with Crippen molar-refractivity contribution in [3.63, 3.8) is 0 Å². The maximum Gasteiger partial charge on any atom is 0.416 e. The number of ether oxygens (including phenoxy) is 3. The van der Waals surface area contributed by atoms with Gasteiger partial charge in [0.05, 0.1) is 17.5 Å². The summed E-state index contributed by atoms with van der Waals surface area (Å²) >= 11 is 0. The van der Waals surface area contributed by atoms with Crippen molar-refractivity contribution in [3.8, 4) is 5.75 Å². The van der Waals surface area contributed by atoms with Gasteiger partial charge < -0.3 is 24.0 Å². The summed E-state index contributed by atoms with van der Waals surface area (Å²) in [7, 11) is 0. The van der Waals surface area contributed by atoms with Crippen LogP contribution in [-0.2, 0) is 27.0 Å². The van der Waals surface area contributed by atoms with Crippen LogP contribution in [0.1, 0.15) is 57.6 Å². The Bertz CT molecular complexity index is 1010. The number of hydrogen-bond acceptors (Lipinski definition) is 5. The van der Waals surface area contributed by atoms with Gasteiger partial charge in [-0.15, -0.1) is 0 Å². The monoisotopic (exact) mass is 494 g/mol. The lowest BCUT2D eigenvalue weighted by Gasteiger charge is -2.47. The van der Waals surface area contributed by atoms with Gasteiger partial charge in [-0.2, -0.15) is 13.2 Å². The van der Waals surface area contributed by atoms with E-state index in [0.29, 0.717) is 29.2 Å². The molecule has 0 aromatic heterocycles. The van der Waals surface area contributed by atoms with E-state index in [9.17, 15) is 18.0 Å². The summed E-state index contributed by atoms with van der Waals surface area (Å²) in [5.74, 6) is 1.31. The number of carbonyl (C=O) groups excluding carboxylic acids is 1. The molecule has 1 amide bonds. The van der Waals surface area contributed by atoms with Crippen LogP contribution in [0.2, 0.25) is 0 Å². The summed E-state index contributed by atoms with van der Waals surface area (Å²) in [4.78, 5) is 18.0. The third-order valence-corrected chi connectivity index (χ3v) is 9.31. The number of fused-ring (bicyclic) bond motifs is 2. The zero-order chi connectivity index (χ0) is 24.7. The van der Waals surface area contributed by atoms with Gasteiger partial charge in [0.1, 0.15) is 5.75 Å². The lowest BCUT2D eigenvalue weighted by atomic mass is 9.76. The van der Waals surface area contributed by atoms with Crippen molar-refractivity contribution in [2.45, 2.75) is 84.0 Å². The number of carbonyl (C=O) groups is 1. The minimum Gasteiger partial charge on any atom is -0.470 e. The van der Waals surface area contributed by atoms with Crippen LogP contribution < -0.4 is 4.74 Å². The van der Waals surface area contributed by atoms with Gasteiger partial charge in [-0.05, 0) is 63.3 Å². The number of piperidine rings is 1. The highest BCUT2D eigenvalue weighted by Gasteiger charge is 2.62. The largest absolute Gasteiger partial charge is 0.470 e. The van der Waals surface area contributed by atoms with Crippen LogP contribution in [-0.4, -0.2) is 53.6 Å². The lowest BCUT2D eigenvalue weighted by Crippen LogP contribution is -2.53. The fraction of sp³-hybridized carbons (Fsp3) is 0.731. The fourth-order valence-corrected chi connectivity index (χ4v) is 7.26. The van der Waals surface area contributed by atoms with E-state index in [0.717, 1.165) is 50.9 Å². The second-order valence-corrected chi connectivity index (χ2v) is 11.2. The molecule has 1 saturated carbocycles. The highest BCUT2D eigenvalue weighted by molar-refractivity contribution is 5.86. The van der Waals surface area contributed by atoms with Gasteiger partial charge in [-0.25, -0.2) is 0 Å². The van der Waals surface area contributed by atoms with Crippen molar-refractivity contribution in [3.05, 3.63) is 29.3 Å². The molecular formula is C26H33F3N2O4. The first kappa shape index (κ1) is 23.6. The van der Waals surface area contributed by atoms with Gasteiger partial charge in [-0.3, -0.25) is 4.79 Å². The molecule has 1 aromatic rings. The highest BCUT2D eigenvalue weighted by Crippen LogP contribution is 2.56. The first-order valence-corrected chi connectivity index (χ1v) is 12.8. The number of amides is 1. The molecule has 6 atom stereocenters. The van der Waals surface area contributed by atoms with E-state index in [1.807, 2.05) is 6.92 Å². The molecule has 6 nitrogen and oxygen atoms in total. The summed E-state index contributed by atoms with van der Waals surface area (Å²) < 4.78 is 57.3. The van der Waals surface area contributed by atoms with Gasteiger partial charge >= 0.3 is 6.18 Å². The van der Waals surface area contributed by atoms with Crippen molar-refractivity contribution < 1.29 is 32.2 Å².